The molecule has 3 nitrogen and oxygen atoms in total. The van der Waals surface area contributed by atoms with Crippen LogP contribution in [0.1, 0.15) is 51.7 Å². The summed E-state index contributed by atoms with van der Waals surface area (Å²) in [6.07, 6.45) is 0.877. The number of rotatable bonds is 9. The lowest BCUT2D eigenvalue weighted by atomic mass is 9.81. The van der Waals surface area contributed by atoms with Gasteiger partial charge in [0.1, 0.15) is 0 Å². The van der Waals surface area contributed by atoms with E-state index in [0.717, 1.165) is 11.1 Å². The molecule has 166 valence electrons. The highest BCUT2D eigenvalue weighted by Gasteiger charge is 2.55. The van der Waals surface area contributed by atoms with Gasteiger partial charge in [-0.1, -0.05) is 105 Å². The molecular weight excluding hydrogens is 415 g/mol. The van der Waals surface area contributed by atoms with E-state index in [1.165, 1.54) is 0 Å². The van der Waals surface area contributed by atoms with Crippen molar-refractivity contribution in [1.82, 2.24) is 0 Å². The van der Waals surface area contributed by atoms with Crippen LogP contribution >= 0.6 is 7.14 Å². The van der Waals surface area contributed by atoms with Gasteiger partial charge in [-0.15, -0.1) is 0 Å². The van der Waals surface area contributed by atoms with E-state index in [2.05, 4.69) is 0 Å². The smallest absolute Gasteiger partial charge is 0.240 e. The molecule has 3 aromatic carbocycles. The summed E-state index contributed by atoms with van der Waals surface area (Å²) in [6.45, 7) is 7.42. The highest BCUT2D eigenvalue weighted by molar-refractivity contribution is 8.00. The zero-order valence-corrected chi connectivity index (χ0v) is 20.1. The highest BCUT2D eigenvalue weighted by atomic mass is 31.2. The van der Waals surface area contributed by atoms with Crippen LogP contribution in [0.2, 0.25) is 0 Å². The van der Waals surface area contributed by atoms with Gasteiger partial charge in [0.2, 0.25) is 18.2 Å². The second-order valence-corrected chi connectivity index (χ2v) is 11.2. The zero-order chi connectivity index (χ0) is 23.4. The molecule has 32 heavy (non-hydrogen) atoms. The monoisotopic (exact) mass is 446 g/mol. The molecule has 0 aliphatic heterocycles. The second-order valence-electron chi connectivity index (χ2n) is 8.66. The van der Waals surface area contributed by atoms with Gasteiger partial charge in [0.15, 0.2) is 0 Å². The first-order valence-electron chi connectivity index (χ1n) is 11.1. The summed E-state index contributed by atoms with van der Waals surface area (Å²) in [6, 6.07) is 27.3. The van der Waals surface area contributed by atoms with Crippen LogP contribution in [0.25, 0.3) is 0 Å². The van der Waals surface area contributed by atoms with Crippen LogP contribution in [0.5, 0.6) is 0 Å². The van der Waals surface area contributed by atoms with Gasteiger partial charge in [0.05, 0.1) is 10.8 Å². The lowest BCUT2D eigenvalue weighted by Crippen LogP contribution is -2.42. The van der Waals surface area contributed by atoms with Gasteiger partial charge in [0.25, 0.3) is 0 Å². The maximum atomic E-state index is 14.9. The number of hydrogen-bond donors (Lipinski definition) is 0. The molecule has 0 radical (unpaired) electrons. The van der Waals surface area contributed by atoms with E-state index in [4.69, 9.17) is 0 Å². The maximum Gasteiger partial charge on any atom is 0.240 e. The molecule has 0 aliphatic rings. The van der Waals surface area contributed by atoms with E-state index in [9.17, 15) is 14.2 Å². The van der Waals surface area contributed by atoms with Crippen molar-refractivity contribution in [2.45, 2.75) is 51.4 Å². The number of benzene rings is 3. The predicted molar refractivity (Wildman–Crippen MR) is 132 cm³/mol. The molecular formula is C28H31O3P. The first-order chi connectivity index (χ1) is 15.2. The van der Waals surface area contributed by atoms with Crippen molar-refractivity contribution < 1.29 is 14.2 Å². The Morgan fingerprint density at radius 3 is 1.25 bits per heavy atom. The zero-order valence-electron chi connectivity index (χ0n) is 19.2. The van der Waals surface area contributed by atoms with Crippen molar-refractivity contribution in [1.29, 1.82) is 0 Å². The summed E-state index contributed by atoms with van der Waals surface area (Å²) in [5.41, 5.74) is -1.54. The Morgan fingerprint density at radius 2 is 0.938 bits per heavy atom. The third kappa shape index (κ3) is 3.91. The maximum absolute atomic E-state index is 14.9. The molecule has 0 aliphatic carbocycles. The fourth-order valence-corrected chi connectivity index (χ4v) is 7.44. The predicted octanol–water partition coefficient (Wildman–Crippen LogP) is 6.46. The van der Waals surface area contributed by atoms with Crippen molar-refractivity contribution >= 4 is 23.5 Å². The van der Waals surface area contributed by atoms with E-state index in [0.29, 0.717) is 18.1 Å². The van der Waals surface area contributed by atoms with Crippen LogP contribution in [0.3, 0.4) is 0 Å². The van der Waals surface area contributed by atoms with Crippen LogP contribution in [0, 0.1) is 0 Å². The first-order valence-corrected chi connectivity index (χ1v) is 12.8. The minimum absolute atomic E-state index is 0.307. The lowest BCUT2D eigenvalue weighted by Gasteiger charge is -2.36. The summed E-state index contributed by atoms with van der Waals surface area (Å²) in [7, 11) is -4.14. The van der Waals surface area contributed by atoms with Gasteiger partial charge >= 0.3 is 0 Å². The standard InChI is InChI=1S/C28H31O3P/c1-5-27(3,22-16-10-7-11-17-22)25(29)32(31,24-20-14-9-15-21-24)26(30)28(4,6-2)23-18-12-8-13-19-23/h7-21H,5-6H2,1-4H3. The van der Waals surface area contributed by atoms with Crippen LogP contribution in [-0.4, -0.2) is 11.0 Å². The second kappa shape index (κ2) is 9.38. The van der Waals surface area contributed by atoms with E-state index in [1.807, 2.05) is 74.5 Å². The fourth-order valence-electron chi connectivity index (χ4n) is 4.23. The molecule has 2 atom stereocenters. The normalized spacial score (nSPS) is 16.9. The molecule has 0 saturated carbocycles. The van der Waals surface area contributed by atoms with Crippen molar-refractivity contribution in [3.8, 4) is 0 Å². The third-order valence-corrected chi connectivity index (χ3v) is 10.0. The molecule has 0 spiro atoms. The quantitative estimate of drug-likeness (QED) is 0.354. The van der Waals surface area contributed by atoms with Crippen molar-refractivity contribution in [3.05, 3.63) is 102 Å². The molecule has 3 aromatic rings. The van der Waals surface area contributed by atoms with Gasteiger partial charge < -0.3 is 4.57 Å². The highest BCUT2D eigenvalue weighted by Crippen LogP contribution is 2.57. The van der Waals surface area contributed by atoms with Gasteiger partial charge in [0, 0.05) is 5.30 Å². The van der Waals surface area contributed by atoms with Gasteiger partial charge in [-0.2, -0.15) is 0 Å². The van der Waals surface area contributed by atoms with Gasteiger partial charge in [-0.05, 0) is 37.8 Å². The van der Waals surface area contributed by atoms with Crippen molar-refractivity contribution in [2.24, 2.45) is 0 Å². The fraction of sp³-hybridized carbons (Fsp3) is 0.286. The number of carbonyl (C=O) groups is 2. The minimum atomic E-state index is -4.14. The van der Waals surface area contributed by atoms with E-state index in [1.54, 1.807) is 44.2 Å². The molecule has 0 saturated heterocycles. The first kappa shape index (κ1) is 23.9. The average molecular weight is 447 g/mol. The molecule has 0 heterocycles. The molecule has 0 N–H and O–H groups in total. The Morgan fingerprint density at radius 1 is 0.625 bits per heavy atom. The van der Waals surface area contributed by atoms with Crippen LogP contribution in [0.4, 0.5) is 0 Å². The average Bonchev–Trinajstić information content (AvgIpc) is 2.87. The third-order valence-electron chi connectivity index (χ3n) is 6.87. The van der Waals surface area contributed by atoms with E-state index >= 15 is 0 Å². The summed E-state index contributed by atoms with van der Waals surface area (Å²) in [5, 5.41) is 0.307. The van der Waals surface area contributed by atoms with Crippen molar-refractivity contribution in [3.63, 3.8) is 0 Å². The number of hydrogen-bond acceptors (Lipinski definition) is 3. The Balaban J connectivity index is 2.26. The van der Waals surface area contributed by atoms with E-state index in [-0.39, 0.29) is 0 Å². The molecule has 0 bridgehead atoms. The summed E-state index contributed by atoms with van der Waals surface area (Å²) in [5.74, 6) is 0. The van der Waals surface area contributed by atoms with E-state index < -0.39 is 29.0 Å². The molecule has 4 heteroatoms. The number of carbonyl (C=O) groups excluding carboxylic acids is 2. The SMILES string of the molecule is CCC(C)(C(=O)P(=O)(C(=O)C(C)(CC)c1ccccc1)c1ccccc1)c1ccccc1. The largest absolute Gasteiger partial charge is 0.302 e. The Hall–Kier alpha value is -2.77. The summed E-state index contributed by atoms with van der Waals surface area (Å²) < 4.78 is 14.9. The topological polar surface area (TPSA) is 51.2 Å². The Labute approximate surface area is 191 Å². The Kier molecular flexibility index (Phi) is 7.00. The molecule has 0 aromatic heterocycles. The molecule has 3 rings (SSSR count). The van der Waals surface area contributed by atoms with Gasteiger partial charge in [-0.25, -0.2) is 0 Å². The summed E-state index contributed by atoms with van der Waals surface area (Å²) in [4.78, 5) is 28.5. The summed E-state index contributed by atoms with van der Waals surface area (Å²) >= 11 is 0. The van der Waals surface area contributed by atoms with Crippen molar-refractivity contribution in [2.75, 3.05) is 0 Å². The molecule has 0 amide bonds. The molecule has 2 unspecified atom stereocenters. The van der Waals surface area contributed by atoms with Crippen LogP contribution < -0.4 is 5.30 Å². The molecule has 0 fully saturated rings. The van der Waals surface area contributed by atoms with Crippen LogP contribution in [-0.2, 0) is 25.0 Å². The minimum Gasteiger partial charge on any atom is -0.302 e. The van der Waals surface area contributed by atoms with Gasteiger partial charge in [-0.3, -0.25) is 9.59 Å². The Bertz CT molecular complexity index is 1060. The lowest BCUT2D eigenvalue weighted by molar-refractivity contribution is -0.119. The van der Waals surface area contributed by atoms with Crippen LogP contribution in [0.15, 0.2) is 91.0 Å².